The third-order valence-electron chi connectivity index (χ3n) is 2.59. The predicted molar refractivity (Wildman–Crippen MR) is 46.2 cm³/mol. The van der Waals surface area contributed by atoms with Crippen molar-refractivity contribution in [3.05, 3.63) is 0 Å². The zero-order chi connectivity index (χ0) is 9.84. The van der Waals surface area contributed by atoms with Gasteiger partial charge < -0.3 is 14.6 Å². The Morgan fingerprint density at radius 1 is 1.38 bits per heavy atom. The fourth-order valence-electron chi connectivity index (χ4n) is 1.75. The van der Waals surface area contributed by atoms with Gasteiger partial charge in [0.05, 0.1) is 25.2 Å². The van der Waals surface area contributed by atoms with Crippen LogP contribution in [0.3, 0.4) is 0 Å². The van der Waals surface area contributed by atoms with Crippen molar-refractivity contribution in [1.29, 1.82) is 0 Å². The molecule has 0 heterocycles. The molecule has 0 amide bonds. The van der Waals surface area contributed by atoms with Crippen molar-refractivity contribution in [2.24, 2.45) is 5.92 Å². The number of aliphatic hydroxyl groups is 1. The van der Waals surface area contributed by atoms with Gasteiger partial charge in [-0.3, -0.25) is 4.79 Å². The molecule has 1 N–H and O–H groups in total. The van der Waals surface area contributed by atoms with Gasteiger partial charge in [-0.25, -0.2) is 0 Å². The molecule has 0 bridgehead atoms. The van der Waals surface area contributed by atoms with Crippen LogP contribution in [-0.4, -0.2) is 37.5 Å². The molecule has 0 radical (unpaired) electrons. The molecule has 4 heteroatoms. The van der Waals surface area contributed by atoms with Crippen LogP contribution in [0.4, 0.5) is 0 Å². The summed E-state index contributed by atoms with van der Waals surface area (Å²) in [5.74, 6) is -0.313. The minimum atomic E-state index is -0.439. The Morgan fingerprint density at radius 2 is 2.08 bits per heavy atom. The summed E-state index contributed by atoms with van der Waals surface area (Å²) in [6, 6.07) is 0. The van der Waals surface area contributed by atoms with Crippen LogP contribution in [0.5, 0.6) is 0 Å². The Labute approximate surface area is 77.8 Å². The van der Waals surface area contributed by atoms with Crippen LogP contribution in [0.2, 0.25) is 0 Å². The summed E-state index contributed by atoms with van der Waals surface area (Å²) < 4.78 is 9.71. The van der Waals surface area contributed by atoms with Crippen molar-refractivity contribution in [3.63, 3.8) is 0 Å². The summed E-state index contributed by atoms with van der Waals surface area (Å²) >= 11 is 0. The first-order chi connectivity index (χ1) is 6.19. The Bertz CT molecular complexity index is 180. The van der Waals surface area contributed by atoms with E-state index in [2.05, 4.69) is 4.74 Å². The van der Waals surface area contributed by atoms with Crippen molar-refractivity contribution in [1.82, 2.24) is 0 Å². The first-order valence-corrected chi connectivity index (χ1v) is 4.47. The van der Waals surface area contributed by atoms with Gasteiger partial charge in [-0.15, -0.1) is 0 Å². The normalized spacial score (nSPS) is 34.2. The van der Waals surface area contributed by atoms with Crippen LogP contribution in [0.1, 0.15) is 19.3 Å². The molecule has 1 aliphatic rings. The number of carbonyl (C=O) groups is 1. The number of ether oxygens (including phenoxy) is 2. The lowest BCUT2D eigenvalue weighted by molar-refractivity contribution is -0.150. The molecule has 0 spiro atoms. The average Bonchev–Trinajstić information content (AvgIpc) is 2.17. The van der Waals surface area contributed by atoms with E-state index in [1.807, 2.05) is 0 Å². The van der Waals surface area contributed by atoms with Crippen LogP contribution in [0, 0.1) is 5.92 Å². The summed E-state index contributed by atoms with van der Waals surface area (Å²) in [7, 11) is 2.93. The zero-order valence-electron chi connectivity index (χ0n) is 8.03. The van der Waals surface area contributed by atoms with Crippen LogP contribution >= 0.6 is 0 Å². The molecular weight excluding hydrogens is 172 g/mol. The van der Waals surface area contributed by atoms with Crippen molar-refractivity contribution < 1.29 is 19.4 Å². The van der Waals surface area contributed by atoms with Gasteiger partial charge in [-0.05, 0) is 19.3 Å². The van der Waals surface area contributed by atoms with Crippen molar-refractivity contribution >= 4 is 5.97 Å². The van der Waals surface area contributed by atoms with Crippen molar-refractivity contribution in [2.75, 3.05) is 14.2 Å². The maximum Gasteiger partial charge on any atom is 0.308 e. The molecule has 0 aromatic rings. The average molecular weight is 188 g/mol. The summed E-state index contributed by atoms with van der Waals surface area (Å²) in [4.78, 5) is 11.2. The van der Waals surface area contributed by atoms with Gasteiger partial charge >= 0.3 is 5.97 Å². The molecule has 1 rings (SSSR count). The highest BCUT2D eigenvalue weighted by Gasteiger charge is 2.33. The van der Waals surface area contributed by atoms with E-state index in [1.165, 1.54) is 7.11 Å². The van der Waals surface area contributed by atoms with E-state index in [1.54, 1.807) is 7.11 Å². The maximum atomic E-state index is 11.2. The number of hydrogen-bond acceptors (Lipinski definition) is 4. The topological polar surface area (TPSA) is 55.8 Å². The number of rotatable bonds is 2. The molecule has 1 saturated carbocycles. The second-order valence-corrected chi connectivity index (χ2v) is 3.37. The third kappa shape index (κ3) is 2.42. The first-order valence-electron chi connectivity index (χ1n) is 4.47. The van der Waals surface area contributed by atoms with Crippen molar-refractivity contribution in [2.45, 2.75) is 31.5 Å². The third-order valence-corrected chi connectivity index (χ3v) is 2.59. The molecular formula is C9H16O4. The van der Waals surface area contributed by atoms with E-state index < -0.39 is 6.10 Å². The molecule has 13 heavy (non-hydrogen) atoms. The lowest BCUT2D eigenvalue weighted by Gasteiger charge is -2.30. The lowest BCUT2D eigenvalue weighted by atomic mass is 9.85. The number of hydrogen-bond donors (Lipinski definition) is 1. The van der Waals surface area contributed by atoms with Crippen LogP contribution < -0.4 is 0 Å². The highest BCUT2D eigenvalue weighted by molar-refractivity contribution is 5.72. The van der Waals surface area contributed by atoms with Crippen LogP contribution in [0.25, 0.3) is 0 Å². The van der Waals surface area contributed by atoms with Gasteiger partial charge in [0, 0.05) is 7.11 Å². The molecule has 76 valence electrons. The Balaban J connectivity index is 2.49. The van der Waals surface area contributed by atoms with E-state index in [4.69, 9.17) is 4.74 Å². The number of aliphatic hydroxyl groups excluding tert-OH is 1. The van der Waals surface area contributed by atoms with Crippen LogP contribution in [-0.2, 0) is 14.3 Å². The van der Waals surface area contributed by atoms with Gasteiger partial charge in [0.1, 0.15) is 0 Å². The highest BCUT2D eigenvalue weighted by atomic mass is 16.5. The Hall–Kier alpha value is -0.610. The van der Waals surface area contributed by atoms with Crippen molar-refractivity contribution in [3.8, 4) is 0 Å². The molecule has 0 saturated heterocycles. The lowest BCUT2D eigenvalue weighted by Crippen LogP contribution is -2.38. The molecule has 0 unspecified atom stereocenters. The summed E-state index contributed by atoms with van der Waals surface area (Å²) in [5, 5.41) is 9.46. The fraction of sp³-hybridized carbons (Fsp3) is 0.889. The van der Waals surface area contributed by atoms with E-state index in [0.29, 0.717) is 19.3 Å². The summed E-state index contributed by atoms with van der Waals surface area (Å²) in [6.45, 7) is 0. The number of carbonyl (C=O) groups excluding carboxylic acids is 1. The molecule has 0 aliphatic heterocycles. The monoisotopic (exact) mass is 188 g/mol. The second kappa shape index (κ2) is 4.58. The Kier molecular flexibility index (Phi) is 3.69. The SMILES string of the molecule is COC(=O)[C@H]1CC[C@@H](O)[C@@H](OC)C1. The molecule has 0 aromatic heterocycles. The second-order valence-electron chi connectivity index (χ2n) is 3.37. The quantitative estimate of drug-likeness (QED) is 0.635. The minimum absolute atomic E-state index is 0.113. The summed E-state index contributed by atoms with van der Waals surface area (Å²) in [5.41, 5.74) is 0. The molecule has 1 aliphatic carbocycles. The molecule has 1 fully saturated rings. The summed E-state index contributed by atoms with van der Waals surface area (Å²) in [6.07, 6.45) is 1.19. The Morgan fingerprint density at radius 3 is 2.62 bits per heavy atom. The van der Waals surface area contributed by atoms with Gasteiger partial charge in [0.2, 0.25) is 0 Å². The minimum Gasteiger partial charge on any atom is -0.469 e. The number of methoxy groups -OCH3 is 2. The van der Waals surface area contributed by atoms with E-state index >= 15 is 0 Å². The molecule has 3 atom stereocenters. The van der Waals surface area contributed by atoms with E-state index in [9.17, 15) is 9.90 Å². The standard InChI is InChI=1S/C9H16O4/c1-12-8-5-6(9(11)13-2)3-4-7(8)10/h6-8,10H,3-5H2,1-2H3/t6-,7+,8-/m0/s1. The highest BCUT2D eigenvalue weighted by Crippen LogP contribution is 2.27. The zero-order valence-corrected chi connectivity index (χ0v) is 8.03. The van der Waals surface area contributed by atoms with Gasteiger partial charge in [0.15, 0.2) is 0 Å². The molecule has 4 nitrogen and oxygen atoms in total. The first kappa shape index (κ1) is 10.5. The van der Waals surface area contributed by atoms with Gasteiger partial charge in [-0.1, -0.05) is 0 Å². The van der Waals surface area contributed by atoms with E-state index in [-0.39, 0.29) is 18.0 Å². The van der Waals surface area contributed by atoms with Crippen LogP contribution in [0.15, 0.2) is 0 Å². The maximum absolute atomic E-state index is 11.2. The molecule has 0 aromatic carbocycles. The fourth-order valence-corrected chi connectivity index (χ4v) is 1.75. The predicted octanol–water partition coefficient (Wildman–Crippen LogP) is 0.335. The van der Waals surface area contributed by atoms with Gasteiger partial charge in [-0.2, -0.15) is 0 Å². The number of esters is 1. The smallest absolute Gasteiger partial charge is 0.308 e. The van der Waals surface area contributed by atoms with E-state index in [0.717, 1.165) is 0 Å². The van der Waals surface area contributed by atoms with Gasteiger partial charge in [0.25, 0.3) is 0 Å². The largest absolute Gasteiger partial charge is 0.469 e.